The lowest BCUT2D eigenvalue weighted by Crippen LogP contribution is -2.05. The van der Waals surface area contributed by atoms with Crippen molar-refractivity contribution in [3.05, 3.63) is 58.8 Å². The molecule has 2 N–H and O–H groups in total. The smallest absolute Gasteiger partial charge is 0.119 e. The standard InChI is InChI=1S/C16H16N2O/c1-2-19-15-7-4-12(5-8-15)9-13-3-6-14(11-17)16(18)10-13/h3-9H,2,10,18H2,1H3. The quantitative estimate of drug-likeness (QED) is 0.898. The van der Waals surface area contributed by atoms with Gasteiger partial charge in [0.05, 0.1) is 12.2 Å². The van der Waals surface area contributed by atoms with Crippen LogP contribution in [0, 0.1) is 11.3 Å². The molecule has 1 aliphatic carbocycles. The topological polar surface area (TPSA) is 59.0 Å². The Hall–Kier alpha value is -2.47. The third-order valence-corrected chi connectivity index (χ3v) is 2.87. The summed E-state index contributed by atoms with van der Waals surface area (Å²) in [5.41, 5.74) is 9.22. The van der Waals surface area contributed by atoms with Gasteiger partial charge in [0.15, 0.2) is 0 Å². The lowest BCUT2D eigenvalue weighted by Gasteiger charge is -2.10. The van der Waals surface area contributed by atoms with Gasteiger partial charge in [-0.3, -0.25) is 0 Å². The predicted octanol–water partition coefficient (Wildman–Crippen LogP) is 3.16. The van der Waals surface area contributed by atoms with Crippen LogP contribution in [0.15, 0.2) is 53.3 Å². The van der Waals surface area contributed by atoms with Crippen LogP contribution in [0.1, 0.15) is 18.9 Å². The first-order chi connectivity index (χ1) is 9.22. The van der Waals surface area contributed by atoms with Crippen LogP contribution in [0.3, 0.4) is 0 Å². The Morgan fingerprint density at radius 3 is 2.63 bits per heavy atom. The van der Waals surface area contributed by atoms with Crippen molar-refractivity contribution in [2.75, 3.05) is 6.61 Å². The fraction of sp³-hybridized carbons (Fsp3) is 0.188. The molecule has 0 saturated heterocycles. The van der Waals surface area contributed by atoms with Gasteiger partial charge in [0, 0.05) is 12.1 Å². The number of rotatable bonds is 3. The molecule has 0 unspecified atom stereocenters. The Morgan fingerprint density at radius 2 is 2.05 bits per heavy atom. The van der Waals surface area contributed by atoms with Crippen molar-refractivity contribution in [1.29, 1.82) is 5.26 Å². The third kappa shape index (κ3) is 3.26. The molecule has 0 fully saturated rings. The van der Waals surface area contributed by atoms with E-state index in [0.29, 0.717) is 24.3 Å². The van der Waals surface area contributed by atoms with Crippen LogP contribution in [0.4, 0.5) is 0 Å². The van der Waals surface area contributed by atoms with Crippen LogP contribution < -0.4 is 10.5 Å². The summed E-state index contributed by atoms with van der Waals surface area (Å²) in [5, 5.41) is 8.85. The second kappa shape index (κ2) is 5.92. The van der Waals surface area contributed by atoms with E-state index in [-0.39, 0.29) is 0 Å². The molecule has 1 aromatic rings. The highest BCUT2D eigenvalue weighted by Crippen LogP contribution is 2.22. The molecule has 0 amide bonds. The van der Waals surface area contributed by atoms with Gasteiger partial charge in [-0.2, -0.15) is 5.26 Å². The summed E-state index contributed by atoms with van der Waals surface area (Å²) in [5.74, 6) is 0.870. The summed E-state index contributed by atoms with van der Waals surface area (Å²) in [7, 11) is 0. The first kappa shape index (κ1) is 13.0. The van der Waals surface area contributed by atoms with Crippen LogP contribution in [-0.2, 0) is 0 Å². The maximum Gasteiger partial charge on any atom is 0.119 e. The van der Waals surface area contributed by atoms with Crippen molar-refractivity contribution in [2.24, 2.45) is 5.73 Å². The SMILES string of the molecule is CCOc1ccc(C=C2C=CC(C#N)=C(N)C2)cc1. The summed E-state index contributed by atoms with van der Waals surface area (Å²) in [6.45, 7) is 2.63. The third-order valence-electron chi connectivity index (χ3n) is 2.87. The molecule has 0 aliphatic heterocycles. The number of nitrogens with two attached hydrogens (primary N) is 1. The molecule has 0 aromatic heterocycles. The number of nitriles is 1. The van der Waals surface area contributed by atoms with Gasteiger partial charge in [-0.25, -0.2) is 0 Å². The second-order valence-corrected chi connectivity index (χ2v) is 4.28. The lowest BCUT2D eigenvalue weighted by molar-refractivity contribution is 0.340. The molecule has 0 heterocycles. The number of ether oxygens (including phenoxy) is 1. The molecule has 1 aromatic carbocycles. The molecule has 1 aliphatic rings. The van der Waals surface area contributed by atoms with Gasteiger partial charge in [0.25, 0.3) is 0 Å². The molecule has 3 nitrogen and oxygen atoms in total. The fourth-order valence-electron chi connectivity index (χ4n) is 1.92. The van der Waals surface area contributed by atoms with Crippen LogP contribution in [0.5, 0.6) is 5.75 Å². The molecule has 0 atom stereocenters. The normalized spacial score (nSPS) is 16.5. The molecule has 19 heavy (non-hydrogen) atoms. The largest absolute Gasteiger partial charge is 0.494 e. The molecule has 0 bridgehead atoms. The molecule has 0 spiro atoms. The minimum atomic E-state index is 0.559. The van der Waals surface area contributed by atoms with Gasteiger partial charge in [-0.05, 0) is 36.3 Å². The van der Waals surface area contributed by atoms with E-state index >= 15 is 0 Å². The highest BCUT2D eigenvalue weighted by Gasteiger charge is 2.07. The molecular formula is C16H16N2O. The molecule has 0 saturated carbocycles. The maximum atomic E-state index is 8.85. The zero-order valence-corrected chi connectivity index (χ0v) is 10.9. The van der Waals surface area contributed by atoms with E-state index in [1.54, 1.807) is 6.08 Å². The Labute approximate surface area is 113 Å². The van der Waals surface area contributed by atoms with E-state index < -0.39 is 0 Å². The van der Waals surface area contributed by atoms with Crippen molar-refractivity contribution in [3.8, 4) is 11.8 Å². The number of hydrogen-bond acceptors (Lipinski definition) is 3. The van der Waals surface area contributed by atoms with Crippen LogP contribution >= 0.6 is 0 Å². The van der Waals surface area contributed by atoms with Crippen LogP contribution in [-0.4, -0.2) is 6.61 Å². The maximum absolute atomic E-state index is 8.85. The van der Waals surface area contributed by atoms with Crippen LogP contribution in [0.25, 0.3) is 6.08 Å². The van der Waals surface area contributed by atoms with Gasteiger partial charge < -0.3 is 10.5 Å². The highest BCUT2D eigenvalue weighted by atomic mass is 16.5. The molecule has 2 rings (SSSR count). The van der Waals surface area contributed by atoms with Crippen LogP contribution in [0.2, 0.25) is 0 Å². The van der Waals surface area contributed by atoms with E-state index in [1.165, 1.54) is 0 Å². The highest BCUT2D eigenvalue weighted by molar-refractivity contribution is 5.60. The minimum absolute atomic E-state index is 0.559. The summed E-state index contributed by atoms with van der Waals surface area (Å²) < 4.78 is 5.40. The van der Waals surface area contributed by atoms with Gasteiger partial charge >= 0.3 is 0 Å². The average molecular weight is 252 g/mol. The summed E-state index contributed by atoms with van der Waals surface area (Å²) in [6, 6.07) is 9.99. The van der Waals surface area contributed by atoms with Gasteiger partial charge in [-0.15, -0.1) is 0 Å². The van der Waals surface area contributed by atoms with Crippen molar-refractivity contribution in [3.63, 3.8) is 0 Å². The van der Waals surface area contributed by atoms with E-state index in [4.69, 9.17) is 15.7 Å². The molecule has 0 radical (unpaired) electrons. The van der Waals surface area contributed by atoms with Gasteiger partial charge in [-0.1, -0.05) is 24.3 Å². The molecule has 3 heteroatoms. The molecule has 96 valence electrons. The zero-order valence-electron chi connectivity index (χ0n) is 10.9. The first-order valence-corrected chi connectivity index (χ1v) is 6.23. The Bertz CT molecular complexity index is 586. The van der Waals surface area contributed by atoms with Crippen molar-refractivity contribution in [1.82, 2.24) is 0 Å². The summed E-state index contributed by atoms with van der Waals surface area (Å²) in [6.07, 6.45) is 6.38. The Balaban J connectivity index is 2.14. The Morgan fingerprint density at radius 1 is 1.32 bits per heavy atom. The molecular weight excluding hydrogens is 236 g/mol. The summed E-state index contributed by atoms with van der Waals surface area (Å²) in [4.78, 5) is 0. The zero-order chi connectivity index (χ0) is 13.7. The predicted molar refractivity (Wildman–Crippen MR) is 76.2 cm³/mol. The number of nitrogens with zero attached hydrogens (tertiary/aromatic N) is 1. The van der Waals surface area contributed by atoms with E-state index in [1.807, 2.05) is 37.3 Å². The average Bonchev–Trinajstić information content (AvgIpc) is 2.42. The first-order valence-electron chi connectivity index (χ1n) is 6.23. The van der Waals surface area contributed by atoms with Crippen molar-refractivity contribution >= 4 is 6.08 Å². The van der Waals surface area contributed by atoms with E-state index in [2.05, 4.69) is 12.1 Å². The summed E-state index contributed by atoms with van der Waals surface area (Å²) >= 11 is 0. The number of allylic oxidation sites excluding steroid dienone is 4. The van der Waals surface area contributed by atoms with Crippen molar-refractivity contribution < 1.29 is 4.74 Å². The monoisotopic (exact) mass is 252 g/mol. The number of hydrogen-bond donors (Lipinski definition) is 1. The van der Waals surface area contributed by atoms with Gasteiger partial charge in [0.1, 0.15) is 11.8 Å². The number of benzene rings is 1. The van der Waals surface area contributed by atoms with E-state index in [0.717, 1.165) is 16.9 Å². The minimum Gasteiger partial charge on any atom is -0.494 e. The lowest BCUT2D eigenvalue weighted by atomic mass is 9.98. The Kier molecular flexibility index (Phi) is 4.04. The fourth-order valence-corrected chi connectivity index (χ4v) is 1.92. The van der Waals surface area contributed by atoms with Gasteiger partial charge in [0.2, 0.25) is 0 Å². The van der Waals surface area contributed by atoms with Crippen molar-refractivity contribution in [2.45, 2.75) is 13.3 Å². The second-order valence-electron chi connectivity index (χ2n) is 4.28. The van der Waals surface area contributed by atoms with E-state index in [9.17, 15) is 0 Å².